The molecule has 71 valence electrons. The van der Waals surface area contributed by atoms with Crippen molar-refractivity contribution in [2.45, 2.75) is 6.04 Å². The molecule has 14 heavy (non-hydrogen) atoms. The number of fused-ring (bicyclic) bond motifs is 1. The van der Waals surface area contributed by atoms with E-state index in [0.29, 0.717) is 0 Å². The summed E-state index contributed by atoms with van der Waals surface area (Å²) in [6.45, 7) is 0. The first-order chi connectivity index (χ1) is 6.75. The molecule has 0 saturated heterocycles. The zero-order chi connectivity index (χ0) is 9.97. The Morgan fingerprint density at radius 1 is 0.929 bits per heavy atom. The lowest BCUT2D eigenvalue weighted by molar-refractivity contribution is 1.41. The minimum atomic E-state index is -1.21. The molecule has 0 N–H and O–H groups in total. The molecule has 0 aliphatic rings. The van der Waals surface area contributed by atoms with Crippen LogP contribution in [0.2, 0.25) is 0 Å². The van der Waals surface area contributed by atoms with Crippen molar-refractivity contribution in [1.82, 2.24) is 0 Å². The molecule has 0 aliphatic heterocycles. The van der Waals surface area contributed by atoms with Crippen LogP contribution in [0.3, 0.4) is 0 Å². The van der Waals surface area contributed by atoms with E-state index >= 15 is 0 Å². The van der Waals surface area contributed by atoms with E-state index in [4.69, 9.17) is 22.2 Å². The fourth-order valence-electron chi connectivity index (χ4n) is 1.50. The molecule has 3 heteroatoms. The predicted octanol–water partition coefficient (Wildman–Crippen LogP) is 3.89. The van der Waals surface area contributed by atoms with Gasteiger partial charge in [0.05, 0.1) is 0 Å². The van der Waals surface area contributed by atoms with Crippen LogP contribution < -0.4 is 0 Å². The Kier molecular flexibility index (Phi) is 3.11. The maximum atomic E-state index is 5.83. The van der Waals surface area contributed by atoms with Crippen LogP contribution in [0.15, 0.2) is 42.5 Å². The maximum Gasteiger partial charge on any atom is 0.278 e. The molecule has 0 nitrogen and oxygen atoms in total. The van der Waals surface area contributed by atoms with Crippen LogP contribution in [0.5, 0.6) is 0 Å². The molecule has 0 amide bonds. The van der Waals surface area contributed by atoms with Gasteiger partial charge in [-0.3, -0.25) is 0 Å². The van der Waals surface area contributed by atoms with Crippen LogP contribution in [0.25, 0.3) is 10.8 Å². The average molecular weight is 240 g/mol. The van der Waals surface area contributed by atoms with E-state index in [-0.39, 0.29) is 0 Å². The number of rotatable bonds is 2. The number of hydrogen-bond donors (Lipinski definition) is 0. The van der Waals surface area contributed by atoms with Crippen molar-refractivity contribution in [3.8, 4) is 0 Å². The average Bonchev–Trinajstić information content (AvgIpc) is 2.17. The molecule has 1 radical (unpaired) electrons. The number of halogens is 2. The minimum absolute atomic E-state index is 0.804. The summed E-state index contributed by atoms with van der Waals surface area (Å²) in [4.78, 5) is 0. The highest BCUT2D eigenvalue weighted by atomic mass is 35.7. The van der Waals surface area contributed by atoms with Gasteiger partial charge in [0.1, 0.15) is 0 Å². The Balaban J connectivity index is 2.41. The lowest BCUT2D eigenvalue weighted by atomic mass is 10.1. The van der Waals surface area contributed by atoms with Crippen molar-refractivity contribution < 1.29 is 0 Å². The normalized spacial score (nSPS) is 11.1. The Hall–Kier alpha value is -0.503. The van der Waals surface area contributed by atoms with Gasteiger partial charge in [0.15, 0.2) is 0 Å². The van der Waals surface area contributed by atoms with E-state index in [0.717, 1.165) is 6.04 Å². The van der Waals surface area contributed by atoms with Gasteiger partial charge in [-0.1, -0.05) is 42.5 Å². The van der Waals surface area contributed by atoms with E-state index in [1.165, 1.54) is 16.3 Å². The third kappa shape index (κ3) is 2.29. The first kappa shape index (κ1) is 10.0. The molecule has 0 aliphatic carbocycles. The largest absolute Gasteiger partial charge is 0.278 e. The predicted molar refractivity (Wildman–Crippen MR) is 65.1 cm³/mol. The lowest BCUT2D eigenvalue weighted by Gasteiger charge is -2.02. The summed E-state index contributed by atoms with van der Waals surface area (Å²) in [5.74, 6) is 0. The first-order valence-electron chi connectivity index (χ1n) is 4.40. The maximum absolute atomic E-state index is 5.83. The van der Waals surface area contributed by atoms with Crippen LogP contribution in [0.4, 0.5) is 0 Å². The van der Waals surface area contributed by atoms with Crippen LogP contribution in [0.1, 0.15) is 5.56 Å². The van der Waals surface area contributed by atoms with Crippen LogP contribution in [0, 0.1) is 0 Å². The summed E-state index contributed by atoms with van der Waals surface area (Å²) >= 11 is 11.7. The van der Waals surface area contributed by atoms with E-state index in [1.54, 1.807) is 0 Å². The van der Waals surface area contributed by atoms with Gasteiger partial charge in [-0.25, -0.2) is 0 Å². The second-order valence-electron chi connectivity index (χ2n) is 3.20. The summed E-state index contributed by atoms with van der Waals surface area (Å²) in [6.07, 6.45) is 0. The van der Waals surface area contributed by atoms with Gasteiger partial charge in [-0.05, 0) is 22.4 Å². The van der Waals surface area contributed by atoms with Gasteiger partial charge in [0.25, 0.3) is 7.42 Å². The van der Waals surface area contributed by atoms with E-state index in [9.17, 15) is 0 Å². The molecule has 0 heterocycles. The molecule has 0 saturated carbocycles. The third-order valence-corrected chi connectivity index (χ3v) is 3.63. The Morgan fingerprint density at radius 2 is 1.64 bits per heavy atom. The summed E-state index contributed by atoms with van der Waals surface area (Å²) in [5, 5.41) is 2.51. The van der Waals surface area contributed by atoms with Crippen molar-refractivity contribution in [1.29, 1.82) is 0 Å². The van der Waals surface area contributed by atoms with E-state index in [2.05, 4.69) is 30.3 Å². The number of hydrogen-bond acceptors (Lipinski definition) is 0. The molecule has 0 atom stereocenters. The van der Waals surface area contributed by atoms with Crippen molar-refractivity contribution in [2.75, 3.05) is 0 Å². The zero-order valence-electron chi connectivity index (χ0n) is 7.50. The van der Waals surface area contributed by atoms with Crippen molar-refractivity contribution in [2.24, 2.45) is 0 Å². The summed E-state index contributed by atoms with van der Waals surface area (Å²) in [6, 6.07) is 15.5. The second-order valence-corrected chi connectivity index (χ2v) is 7.55. The molecule has 2 aromatic rings. The van der Waals surface area contributed by atoms with Gasteiger partial charge in [0.2, 0.25) is 0 Å². The van der Waals surface area contributed by atoms with Crippen LogP contribution in [-0.4, -0.2) is 7.42 Å². The molecule has 0 fully saturated rings. The first-order valence-corrected chi connectivity index (χ1v) is 8.13. The van der Waals surface area contributed by atoms with E-state index in [1.807, 2.05) is 12.1 Å². The molecular formula is C11H9Cl2Si. The summed E-state index contributed by atoms with van der Waals surface area (Å²) in [5.41, 5.74) is 1.22. The summed E-state index contributed by atoms with van der Waals surface area (Å²) < 4.78 is 0. The summed E-state index contributed by atoms with van der Waals surface area (Å²) in [7, 11) is -1.21. The standard InChI is InChI=1S/C11H9Cl2Si/c12-14(13)8-9-5-6-10-3-1-2-4-11(10)7-9/h1-7H,8H2. The van der Waals surface area contributed by atoms with Gasteiger partial charge in [-0.15, -0.1) is 22.2 Å². The van der Waals surface area contributed by atoms with Gasteiger partial charge < -0.3 is 0 Å². The van der Waals surface area contributed by atoms with Gasteiger partial charge in [-0.2, -0.15) is 0 Å². The number of benzene rings is 2. The highest BCUT2D eigenvalue weighted by Crippen LogP contribution is 2.17. The van der Waals surface area contributed by atoms with Crippen molar-refractivity contribution in [3.63, 3.8) is 0 Å². The van der Waals surface area contributed by atoms with Crippen LogP contribution >= 0.6 is 22.2 Å². The van der Waals surface area contributed by atoms with Gasteiger partial charge >= 0.3 is 0 Å². The topological polar surface area (TPSA) is 0 Å². The molecule has 0 bridgehead atoms. The lowest BCUT2D eigenvalue weighted by Crippen LogP contribution is -1.98. The Bertz CT molecular complexity index is 440. The van der Waals surface area contributed by atoms with E-state index < -0.39 is 7.42 Å². The molecule has 0 unspecified atom stereocenters. The molecular weight excluding hydrogens is 231 g/mol. The van der Waals surface area contributed by atoms with Crippen LogP contribution in [-0.2, 0) is 6.04 Å². The zero-order valence-corrected chi connectivity index (χ0v) is 10.0. The highest BCUT2D eigenvalue weighted by molar-refractivity contribution is 7.33. The SMILES string of the molecule is Cl[Si](Cl)Cc1ccc2ccccc2c1. The molecule has 0 spiro atoms. The third-order valence-electron chi connectivity index (χ3n) is 2.15. The molecule has 2 aromatic carbocycles. The quantitative estimate of drug-likeness (QED) is 0.552. The molecule has 0 aromatic heterocycles. The monoisotopic (exact) mass is 239 g/mol. The van der Waals surface area contributed by atoms with Crippen molar-refractivity contribution in [3.05, 3.63) is 48.0 Å². The minimum Gasteiger partial charge on any atom is -0.146 e. The fraction of sp³-hybridized carbons (Fsp3) is 0.0909. The highest BCUT2D eigenvalue weighted by Gasteiger charge is 2.05. The fourth-order valence-corrected chi connectivity index (χ4v) is 2.96. The smallest absolute Gasteiger partial charge is 0.146 e. The molecule has 2 rings (SSSR count). The Labute approximate surface area is 94.5 Å². The second kappa shape index (κ2) is 4.35. The Morgan fingerprint density at radius 3 is 2.36 bits per heavy atom. The van der Waals surface area contributed by atoms with Gasteiger partial charge in [0, 0.05) is 0 Å². The van der Waals surface area contributed by atoms with Crippen molar-refractivity contribution >= 4 is 40.3 Å².